The van der Waals surface area contributed by atoms with Gasteiger partial charge in [0.25, 0.3) is 0 Å². The highest BCUT2D eigenvalue weighted by molar-refractivity contribution is 5.94. The van der Waals surface area contributed by atoms with Gasteiger partial charge in [0.15, 0.2) is 0 Å². The minimum Gasteiger partial charge on any atom is -0.497 e. The predicted octanol–water partition coefficient (Wildman–Crippen LogP) is 2.42. The quantitative estimate of drug-likeness (QED) is 0.593. The zero-order valence-corrected chi connectivity index (χ0v) is 11.9. The van der Waals surface area contributed by atoms with Crippen molar-refractivity contribution in [3.05, 3.63) is 18.2 Å². The summed E-state index contributed by atoms with van der Waals surface area (Å²) in [6, 6.07) is 5.15. The second-order valence-corrected chi connectivity index (χ2v) is 5.14. The molecule has 0 aromatic heterocycles. The number of rotatable bonds is 7. The standard InChI is InChI=1S/C15H22N2O3/c1-19-12-5-6-14(13(16)9-12)17-15(18)10-20-8-7-11-3-2-4-11/h5-6,9,11H,2-4,7-8,10,16H2,1H3,(H,17,18). The normalized spacial score (nSPS) is 14.7. The lowest BCUT2D eigenvalue weighted by atomic mass is 9.83. The zero-order chi connectivity index (χ0) is 14.4. The number of methoxy groups -OCH3 is 1. The van der Waals surface area contributed by atoms with E-state index in [1.165, 1.54) is 19.3 Å². The van der Waals surface area contributed by atoms with Gasteiger partial charge in [-0.1, -0.05) is 19.3 Å². The Labute approximate surface area is 119 Å². The van der Waals surface area contributed by atoms with Gasteiger partial charge in [0, 0.05) is 12.7 Å². The molecule has 0 bridgehead atoms. The number of ether oxygens (including phenoxy) is 2. The molecule has 1 aliphatic rings. The second kappa shape index (κ2) is 7.14. The van der Waals surface area contributed by atoms with Crippen LogP contribution in [0.25, 0.3) is 0 Å². The maximum Gasteiger partial charge on any atom is 0.250 e. The summed E-state index contributed by atoms with van der Waals surface area (Å²) in [5, 5.41) is 2.73. The smallest absolute Gasteiger partial charge is 0.250 e. The first-order valence-electron chi connectivity index (χ1n) is 7.00. The summed E-state index contributed by atoms with van der Waals surface area (Å²) in [5.74, 6) is 1.28. The Balaban J connectivity index is 1.70. The van der Waals surface area contributed by atoms with E-state index in [9.17, 15) is 4.79 Å². The number of carbonyl (C=O) groups excluding carboxylic acids is 1. The van der Waals surface area contributed by atoms with Gasteiger partial charge in [0.1, 0.15) is 12.4 Å². The summed E-state index contributed by atoms with van der Waals surface area (Å²) >= 11 is 0. The number of nitrogens with one attached hydrogen (secondary N) is 1. The Morgan fingerprint density at radius 3 is 2.85 bits per heavy atom. The molecule has 2 rings (SSSR count). The number of hydrogen-bond acceptors (Lipinski definition) is 4. The summed E-state index contributed by atoms with van der Waals surface area (Å²) in [7, 11) is 1.57. The van der Waals surface area contributed by atoms with Crippen LogP contribution >= 0.6 is 0 Å². The van der Waals surface area contributed by atoms with E-state index < -0.39 is 0 Å². The van der Waals surface area contributed by atoms with Crippen molar-refractivity contribution in [2.75, 3.05) is 31.4 Å². The molecule has 1 saturated carbocycles. The molecule has 110 valence electrons. The van der Waals surface area contributed by atoms with Crippen LogP contribution in [0.15, 0.2) is 18.2 Å². The third-order valence-electron chi connectivity index (χ3n) is 3.66. The molecule has 20 heavy (non-hydrogen) atoms. The molecule has 1 fully saturated rings. The first kappa shape index (κ1) is 14.7. The third-order valence-corrected chi connectivity index (χ3v) is 3.66. The topological polar surface area (TPSA) is 73.6 Å². The molecule has 1 aromatic carbocycles. The molecule has 0 spiro atoms. The predicted molar refractivity (Wildman–Crippen MR) is 78.8 cm³/mol. The van der Waals surface area contributed by atoms with Crippen LogP contribution in [-0.4, -0.2) is 26.2 Å². The molecule has 1 aromatic rings. The molecule has 3 N–H and O–H groups in total. The van der Waals surface area contributed by atoms with Gasteiger partial charge in [0.2, 0.25) is 5.91 Å². The molecule has 5 heteroatoms. The van der Waals surface area contributed by atoms with Crippen LogP contribution in [-0.2, 0) is 9.53 Å². The molecule has 5 nitrogen and oxygen atoms in total. The summed E-state index contributed by atoms with van der Waals surface area (Å²) in [6.07, 6.45) is 5.00. The summed E-state index contributed by atoms with van der Waals surface area (Å²) in [6.45, 7) is 0.717. The first-order valence-corrected chi connectivity index (χ1v) is 7.00. The highest BCUT2D eigenvalue weighted by Gasteiger charge is 2.16. The number of hydrogen-bond donors (Lipinski definition) is 2. The highest BCUT2D eigenvalue weighted by Crippen LogP contribution is 2.29. The van der Waals surface area contributed by atoms with E-state index in [2.05, 4.69) is 5.32 Å². The molecular formula is C15H22N2O3. The van der Waals surface area contributed by atoms with Crippen LogP contribution < -0.4 is 15.8 Å². The number of nitrogen functional groups attached to an aromatic ring is 1. The Kier molecular flexibility index (Phi) is 5.24. The van der Waals surface area contributed by atoms with Crippen molar-refractivity contribution in [1.82, 2.24) is 0 Å². The third kappa shape index (κ3) is 4.13. The van der Waals surface area contributed by atoms with Crippen LogP contribution in [0.1, 0.15) is 25.7 Å². The summed E-state index contributed by atoms with van der Waals surface area (Å²) < 4.78 is 10.4. The van der Waals surface area contributed by atoms with Gasteiger partial charge in [-0.3, -0.25) is 4.79 Å². The number of benzene rings is 1. The molecule has 0 heterocycles. The van der Waals surface area contributed by atoms with E-state index in [4.69, 9.17) is 15.2 Å². The second-order valence-electron chi connectivity index (χ2n) is 5.14. The van der Waals surface area contributed by atoms with Crippen LogP contribution in [0.3, 0.4) is 0 Å². The fourth-order valence-corrected chi connectivity index (χ4v) is 2.16. The Morgan fingerprint density at radius 2 is 2.25 bits per heavy atom. The Hall–Kier alpha value is -1.75. The highest BCUT2D eigenvalue weighted by atomic mass is 16.5. The van der Waals surface area contributed by atoms with E-state index in [0.717, 1.165) is 12.3 Å². The Morgan fingerprint density at radius 1 is 1.45 bits per heavy atom. The van der Waals surface area contributed by atoms with Crippen molar-refractivity contribution >= 4 is 17.3 Å². The van der Waals surface area contributed by atoms with E-state index in [-0.39, 0.29) is 12.5 Å². The number of amides is 1. The molecule has 0 unspecified atom stereocenters. The van der Waals surface area contributed by atoms with Gasteiger partial charge in [0.05, 0.1) is 18.5 Å². The van der Waals surface area contributed by atoms with Gasteiger partial charge in [-0.2, -0.15) is 0 Å². The van der Waals surface area contributed by atoms with Gasteiger partial charge in [-0.05, 0) is 24.5 Å². The number of anilines is 2. The van der Waals surface area contributed by atoms with Crippen LogP contribution in [0, 0.1) is 5.92 Å². The maximum absolute atomic E-state index is 11.7. The van der Waals surface area contributed by atoms with Crippen molar-refractivity contribution < 1.29 is 14.3 Å². The SMILES string of the molecule is COc1ccc(NC(=O)COCCC2CCC2)c(N)c1. The zero-order valence-electron chi connectivity index (χ0n) is 11.9. The minimum absolute atomic E-state index is 0.0676. The van der Waals surface area contributed by atoms with Gasteiger partial charge >= 0.3 is 0 Å². The molecule has 0 saturated heterocycles. The lowest BCUT2D eigenvalue weighted by Crippen LogP contribution is -2.21. The van der Waals surface area contributed by atoms with Crippen molar-refractivity contribution in [2.24, 2.45) is 5.92 Å². The van der Waals surface area contributed by atoms with Crippen molar-refractivity contribution in [3.8, 4) is 5.75 Å². The van der Waals surface area contributed by atoms with Crippen LogP contribution in [0.5, 0.6) is 5.75 Å². The summed E-state index contributed by atoms with van der Waals surface area (Å²) in [5.41, 5.74) is 6.89. The maximum atomic E-state index is 11.7. The average Bonchev–Trinajstić information content (AvgIpc) is 2.38. The monoisotopic (exact) mass is 278 g/mol. The van der Waals surface area contributed by atoms with Gasteiger partial charge in [-0.15, -0.1) is 0 Å². The lowest BCUT2D eigenvalue weighted by Gasteiger charge is -2.24. The van der Waals surface area contributed by atoms with Crippen LogP contribution in [0.2, 0.25) is 0 Å². The minimum atomic E-state index is -0.185. The van der Waals surface area contributed by atoms with E-state index in [0.29, 0.717) is 23.7 Å². The van der Waals surface area contributed by atoms with Crippen molar-refractivity contribution in [1.29, 1.82) is 0 Å². The average molecular weight is 278 g/mol. The number of carbonyl (C=O) groups is 1. The largest absolute Gasteiger partial charge is 0.497 e. The van der Waals surface area contributed by atoms with E-state index in [1.807, 2.05) is 0 Å². The van der Waals surface area contributed by atoms with Crippen molar-refractivity contribution in [3.63, 3.8) is 0 Å². The number of nitrogens with two attached hydrogens (primary N) is 1. The van der Waals surface area contributed by atoms with Crippen LogP contribution in [0.4, 0.5) is 11.4 Å². The van der Waals surface area contributed by atoms with E-state index in [1.54, 1.807) is 25.3 Å². The lowest BCUT2D eigenvalue weighted by molar-refractivity contribution is -0.120. The molecule has 1 aliphatic carbocycles. The van der Waals surface area contributed by atoms with E-state index >= 15 is 0 Å². The summed E-state index contributed by atoms with van der Waals surface area (Å²) in [4.78, 5) is 11.7. The van der Waals surface area contributed by atoms with Gasteiger partial charge < -0.3 is 20.5 Å². The Bertz CT molecular complexity index is 458. The molecular weight excluding hydrogens is 256 g/mol. The van der Waals surface area contributed by atoms with Crippen molar-refractivity contribution in [2.45, 2.75) is 25.7 Å². The van der Waals surface area contributed by atoms with Gasteiger partial charge in [-0.25, -0.2) is 0 Å². The molecule has 0 atom stereocenters. The fourth-order valence-electron chi connectivity index (χ4n) is 2.16. The molecule has 0 aliphatic heterocycles. The molecule has 0 radical (unpaired) electrons. The first-order chi connectivity index (χ1) is 9.69. The fraction of sp³-hybridized carbons (Fsp3) is 0.533. The molecule has 1 amide bonds.